The molecule has 0 saturated heterocycles. The molecule has 2 aromatic rings. The smallest absolute Gasteiger partial charge is 0.324 e. The monoisotopic (exact) mass is 305 g/mol. The van der Waals surface area contributed by atoms with Gasteiger partial charge in [0.05, 0.1) is 18.9 Å². The number of allylic oxidation sites excluding steroid dienone is 1. The average molecular weight is 305 g/mol. The molecule has 3 rings (SSSR count). The van der Waals surface area contributed by atoms with Gasteiger partial charge in [0.25, 0.3) is 0 Å². The molecule has 2 aromatic carbocycles. The van der Waals surface area contributed by atoms with Gasteiger partial charge in [-0.15, -0.1) is 0 Å². The first-order chi connectivity index (χ1) is 11.1. The van der Waals surface area contributed by atoms with Crippen LogP contribution in [0.4, 0.5) is 5.69 Å². The summed E-state index contributed by atoms with van der Waals surface area (Å²) >= 11 is 0. The van der Waals surface area contributed by atoms with Crippen molar-refractivity contribution in [1.82, 2.24) is 0 Å². The quantitative estimate of drug-likeness (QED) is 0.479. The molecule has 0 radical (unpaired) electrons. The zero-order valence-electron chi connectivity index (χ0n) is 13.1. The summed E-state index contributed by atoms with van der Waals surface area (Å²) in [7, 11) is 0. The molecule has 0 aromatic heterocycles. The third-order valence-electron chi connectivity index (χ3n) is 3.61. The molecule has 4 nitrogen and oxygen atoms in total. The van der Waals surface area contributed by atoms with Crippen LogP contribution in [-0.4, -0.2) is 6.92 Å². The van der Waals surface area contributed by atoms with Crippen LogP contribution in [-0.2, 0) is 11.3 Å². The molecular formula is C18H16BNO3. The van der Waals surface area contributed by atoms with Crippen LogP contribution in [0.1, 0.15) is 12.5 Å². The molecule has 0 fully saturated rings. The summed E-state index contributed by atoms with van der Waals surface area (Å²) in [4.78, 5) is 3.44. The summed E-state index contributed by atoms with van der Waals surface area (Å²) in [5.74, 6) is 2.32. The Balaban J connectivity index is 1.86. The van der Waals surface area contributed by atoms with Crippen LogP contribution in [0.3, 0.4) is 0 Å². The predicted molar refractivity (Wildman–Crippen MR) is 90.7 cm³/mol. The van der Waals surface area contributed by atoms with Crippen molar-refractivity contribution in [3.63, 3.8) is 0 Å². The summed E-state index contributed by atoms with van der Waals surface area (Å²) < 4.78 is 17.0. The number of ether oxygens (including phenoxy) is 2. The van der Waals surface area contributed by atoms with Crippen molar-refractivity contribution in [1.29, 1.82) is 0 Å². The van der Waals surface area contributed by atoms with E-state index in [1.54, 1.807) is 25.1 Å². The maximum Gasteiger partial charge on any atom is 0.324 e. The van der Waals surface area contributed by atoms with Crippen LogP contribution in [0.2, 0.25) is 6.82 Å². The minimum absolute atomic E-state index is 0.132. The Labute approximate surface area is 136 Å². The Morgan fingerprint density at radius 3 is 2.74 bits per heavy atom. The molecule has 0 bridgehead atoms. The molecule has 0 atom stereocenters. The molecule has 114 valence electrons. The van der Waals surface area contributed by atoms with Crippen LogP contribution in [0, 0.1) is 6.57 Å². The fourth-order valence-electron chi connectivity index (χ4n) is 2.53. The average Bonchev–Trinajstić information content (AvgIpc) is 2.88. The maximum atomic E-state index is 7.18. The SMILES string of the molecule is [C-]#[N+]c1ccc(Oc2ccc3c(c2)COB3C)cc1OC(=C)C. The van der Waals surface area contributed by atoms with Crippen molar-refractivity contribution in [3.8, 4) is 17.2 Å². The molecule has 0 aliphatic carbocycles. The van der Waals surface area contributed by atoms with E-state index in [1.807, 2.05) is 25.0 Å². The fourth-order valence-corrected chi connectivity index (χ4v) is 2.53. The highest BCUT2D eigenvalue weighted by atomic mass is 16.5. The van der Waals surface area contributed by atoms with Gasteiger partial charge in [0.1, 0.15) is 17.2 Å². The molecule has 1 aliphatic rings. The largest absolute Gasteiger partial charge is 0.474 e. The highest BCUT2D eigenvalue weighted by Crippen LogP contribution is 2.35. The summed E-state index contributed by atoms with van der Waals surface area (Å²) in [6, 6.07) is 11.1. The zero-order chi connectivity index (χ0) is 16.4. The molecule has 23 heavy (non-hydrogen) atoms. The van der Waals surface area contributed by atoms with Gasteiger partial charge >= 0.3 is 6.92 Å². The Kier molecular flexibility index (Phi) is 4.09. The highest BCUT2D eigenvalue weighted by Gasteiger charge is 2.23. The second-order valence-electron chi connectivity index (χ2n) is 5.46. The number of hydrogen-bond donors (Lipinski definition) is 0. The van der Waals surface area contributed by atoms with Gasteiger partial charge < -0.3 is 14.1 Å². The Bertz CT molecular complexity index is 810. The lowest BCUT2D eigenvalue weighted by molar-refractivity contribution is 0.333. The number of rotatable bonds is 4. The lowest BCUT2D eigenvalue weighted by Crippen LogP contribution is -2.23. The van der Waals surface area contributed by atoms with E-state index in [9.17, 15) is 0 Å². The molecule has 0 saturated carbocycles. The second-order valence-corrected chi connectivity index (χ2v) is 5.46. The minimum atomic E-state index is 0.132. The third-order valence-corrected chi connectivity index (χ3v) is 3.61. The van der Waals surface area contributed by atoms with E-state index in [2.05, 4.69) is 11.4 Å². The van der Waals surface area contributed by atoms with E-state index in [-0.39, 0.29) is 6.92 Å². The molecule has 0 N–H and O–H groups in total. The van der Waals surface area contributed by atoms with Crippen molar-refractivity contribution >= 4 is 18.1 Å². The zero-order valence-corrected chi connectivity index (χ0v) is 13.1. The normalized spacial score (nSPS) is 12.5. The maximum absolute atomic E-state index is 7.18. The van der Waals surface area contributed by atoms with Gasteiger partial charge in [-0.3, -0.25) is 0 Å². The topological polar surface area (TPSA) is 32.0 Å². The van der Waals surface area contributed by atoms with Crippen LogP contribution >= 0.6 is 0 Å². The van der Waals surface area contributed by atoms with E-state index in [1.165, 1.54) is 5.46 Å². The molecule has 0 spiro atoms. The Hall–Kier alpha value is -2.71. The highest BCUT2D eigenvalue weighted by molar-refractivity contribution is 6.67. The van der Waals surface area contributed by atoms with Gasteiger partial charge in [-0.2, -0.15) is 0 Å². The summed E-state index contributed by atoms with van der Waals surface area (Å²) in [6.45, 7) is 15.4. The van der Waals surface area contributed by atoms with Crippen LogP contribution in [0.15, 0.2) is 48.7 Å². The first kappa shape index (κ1) is 15.2. The van der Waals surface area contributed by atoms with E-state index in [4.69, 9.17) is 20.7 Å². The fraction of sp³-hybridized carbons (Fsp3) is 0.167. The van der Waals surface area contributed by atoms with Crippen LogP contribution < -0.4 is 14.9 Å². The number of hydrogen-bond acceptors (Lipinski definition) is 3. The molecule has 5 heteroatoms. The van der Waals surface area contributed by atoms with Crippen molar-refractivity contribution in [3.05, 3.63) is 65.7 Å². The third kappa shape index (κ3) is 3.23. The number of fused-ring (bicyclic) bond motifs is 1. The molecule has 1 heterocycles. The van der Waals surface area contributed by atoms with E-state index >= 15 is 0 Å². The number of nitrogens with zero attached hydrogens (tertiary/aromatic N) is 1. The molecule has 0 amide bonds. The van der Waals surface area contributed by atoms with Gasteiger partial charge in [-0.05, 0) is 42.2 Å². The van der Waals surface area contributed by atoms with Gasteiger partial charge in [0.15, 0.2) is 0 Å². The number of benzene rings is 2. The van der Waals surface area contributed by atoms with Crippen molar-refractivity contribution < 1.29 is 14.1 Å². The van der Waals surface area contributed by atoms with Gasteiger partial charge in [0, 0.05) is 6.07 Å². The van der Waals surface area contributed by atoms with Gasteiger partial charge in [0.2, 0.25) is 5.69 Å². The standard InChI is InChI=1S/C18H16BNO3/c1-12(2)22-18-10-15(6-8-17(18)20-4)23-14-5-7-16-13(9-14)11-21-19(16)3/h5-10H,1,11H2,2-3H3. The molecular weight excluding hydrogens is 289 g/mol. The van der Waals surface area contributed by atoms with Gasteiger partial charge in [-0.25, -0.2) is 4.85 Å². The van der Waals surface area contributed by atoms with Crippen molar-refractivity contribution in [2.75, 3.05) is 0 Å². The summed E-state index contributed by atoms with van der Waals surface area (Å²) in [5.41, 5.74) is 2.77. The van der Waals surface area contributed by atoms with Crippen molar-refractivity contribution in [2.45, 2.75) is 20.4 Å². The summed E-state index contributed by atoms with van der Waals surface area (Å²) in [5, 5.41) is 0. The van der Waals surface area contributed by atoms with E-state index < -0.39 is 0 Å². The van der Waals surface area contributed by atoms with E-state index in [0.717, 1.165) is 11.3 Å². The van der Waals surface area contributed by atoms with Crippen molar-refractivity contribution in [2.24, 2.45) is 0 Å². The molecule has 0 unspecified atom stereocenters. The predicted octanol–water partition coefficient (Wildman–Crippen LogP) is 4.30. The Morgan fingerprint density at radius 2 is 2.00 bits per heavy atom. The first-order valence-electron chi connectivity index (χ1n) is 7.34. The lowest BCUT2D eigenvalue weighted by Gasteiger charge is -2.11. The second kappa shape index (κ2) is 6.19. The minimum Gasteiger partial charge on any atom is -0.474 e. The van der Waals surface area contributed by atoms with Crippen LogP contribution in [0.5, 0.6) is 17.2 Å². The first-order valence-corrected chi connectivity index (χ1v) is 7.34. The van der Waals surface area contributed by atoms with Crippen LogP contribution in [0.25, 0.3) is 4.85 Å². The van der Waals surface area contributed by atoms with Gasteiger partial charge in [-0.1, -0.05) is 19.5 Å². The molecule has 1 aliphatic heterocycles. The van der Waals surface area contributed by atoms with E-state index in [0.29, 0.717) is 29.6 Å². The summed E-state index contributed by atoms with van der Waals surface area (Å²) in [6.07, 6.45) is 0. The lowest BCUT2D eigenvalue weighted by atomic mass is 9.64. The Morgan fingerprint density at radius 1 is 1.26 bits per heavy atom.